The van der Waals surface area contributed by atoms with Crippen molar-refractivity contribution in [2.75, 3.05) is 6.54 Å². The lowest BCUT2D eigenvalue weighted by molar-refractivity contribution is -0.137. The number of nitrogens with two attached hydrogens (primary N) is 1. The molecule has 2 aromatic rings. The summed E-state index contributed by atoms with van der Waals surface area (Å²) in [6, 6.07) is 0.857. The fourth-order valence-corrected chi connectivity index (χ4v) is 2.19. The molecule has 2 aromatic heterocycles. The van der Waals surface area contributed by atoms with Gasteiger partial charge in [0.05, 0.1) is 10.6 Å². The van der Waals surface area contributed by atoms with E-state index < -0.39 is 11.7 Å². The van der Waals surface area contributed by atoms with Crippen LogP contribution in [-0.2, 0) is 12.6 Å². The van der Waals surface area contributed by atoms with Crippen molar-refractivity contribution >= 4 is 17.2 Å². The summed E-state index contributed by atoms with van der Waals surface area (Å²) in [6.45, 7) is 2.41. The van der Waals surface area contributed by atoms with Crippen molar-refractivity contribution in [2.45, 2.75) is 25.9 Å². The molecule has 0 radical (unpaired) electrons. The average molecular weight is 307 g/mol. The maximum atomic E-state index is 12.8. The van der Waals surface area contributed by atoms with Crippen molar-refractivity contribution < 1.29 is 13.2 Å². The minimum absolute atomic E-state index is 0.0700. The zero-order valence-corrected chi connectivity index (χ0v) is 11.5. The Morgan fingerprint density at radius 2 is 2.10 bits per heavy atom. The standard InChI is InChI=1S/C12H14ClF3N4/c1-2-7(5-17)3-10-18-19-11-9(13)4-8(6-20(10)11)12(14,15)16/h4,6-7H,2-3,5,17H2,1H3. The SMILES string of the molecule is CCC(CN)Cc1nnc2c(Cl)cc(C(F)(F)F)cn12. The summed E-state index contributed by atoms with van der Waals surface area (Å²) in [5.74, 6) is 0.584. The van der Waals surface area contributed by atoms with Crippen molar-refractivity contribution in [2.24, 2.45) is 11.7 Å². The number of hydrogen-bond acceptors (Lipinski definition) is 3. The summed E-state index contributed by atoms with van der Waals surface area (Å²) < 4.78 is 39.7. The molecule has 0 aliphatic rings. The molecule has 0 saturated heterocycles. The Bertz CT molecular complexity index is 605. The molecule has 0 aliphatic heterocycles. The normalized spacial score (nSPS) is 13.9. The number of aromatic nitrogens is 3. The highest BCUT2D eigenvalue weighted by Gasteiger charge is 2.32. The van der Waals surface area contributed by atoms with Gasteiger partial charge in [-0.3, -0.25) is 4.40 Å². The second-order valence-corrected chi connectivity index (χ2v) is 5.01. The van der Waals surface area contributed by atoms with Crippen LogP contribution < -0.4 is 5.73 Å². The Balaban J connectivity index is 2.50. The van der Waals surface area contributed by atoms with Crippen molar-refractivity contribution in [1.29, 1.82) is 0 Å². The Labute approximate surface area is 118 Å². The van der Waals surface area contributed by atoms with E-state index in [4.69, 9.17) is 17.3 Å². The summed E-state index contributed by atoms with van der Waals surface area (Å²) in [5.41, 5.74) is 5.01. The van der Waals surface area contributed by atoms with E-state index in [0.29, 0.717) is 18.8 Å². The van der Waals surface area contributed by atoms with E-state index in [2.05, 4.69) is 10.2 Å². The van der Waals surface area contributed by atoms with E-state index in [1.807, 2.05) is 6.92 Å². The summed E-state index contributed by atoms with van der Waals surface area (Å²) in [4.78, 5) is 0. The highest BCUT2D eigenvalue weighted by Crippen LogP contribution is 2.32. The Morgan fingerprint density at radius 1 is 1.40 bits per heavy atom. The molecule has 20 heavy (non-hydrogen) atoms. The molecule has 0 fully saturated rings. The maximum absolute atomic E-state index is 12.8. The molecular weight excluding hydrogens is 293 g/mol. The third-order valence-corrected chi connectivity index (χ3v) is 3.52. The van der Waals surface area contributed by atoms with E-state index in [0.717, 1.165) is 18.7 Å². The van der Waals surface area contributed by atoms with E-state index in [9.17, 15) is 13.2 Å². The van der Waals surface area contributed by atoms with Gasteiger partial charge in [-0.05, 0) is 18.5 Å². The molecule has 0 saturated carbocycles. The predicted molar refractivity (Wildman–Crippen MR) is 69.5 cm³/mol. The van der Waals surface area contributed by atoms with Gasteiger partial charge in [0.25, 0.3) is 0 Å². The number of pyridine rings is 1. The quantitative estimate of drug-likeness (QED) is 0.945. The van der Waals surface area contributed by atoms with Crippen LogP contribution in [0.1, 0.15) is 24.7 Å². The maximum Gasteiger partial charge on any atom is 0.417 e. The molecule has 110 valence electrons. The Hall–Kier alpha value is -1.34. The molecule has 8 heteroatoms. The van der Waals surface area contributed by atoms with Gasteiger partial charge in [0.2, 0.25) is 0 Å². The minimum atomic E-state index is -4.46. The zero-order chi connectivity index (χ0) is 14.9. The van der Waals surface area contributed by atoms with Crippen molar-refractivity contribution in [3.63, 3.8) is 0 Å². The van der Waals surface area contributed by atoms with Gasteiger partial charge in [-0.15, -0.1) is 10.2 Å². The molecule has 1 unspecified atom stereocenters. The molecule has 4 nitrogen and oxygen atoms in total. The molecule has 0 amide bonds. The fourth-order valence-electron chi connectivity index (χ4n) is 1.95. The third-order valence-electron chi connectivity index (χ3n) is 3.24. The number of fused-ring (bicyclic) bond motifs is 1. The highest BCUT2D eigenvalue weighted by atomic mass is 35.5. The lowest BCUT2D eigenvalue weighted by atomic mass is 10.0. The lowest BCUT2D eigenvalue weighted by Crippen LogP contribution is -2.17. The molecule has 0 spiro atoms. The van der Waals surface area contributed by atoms with Gasteiger partial charge < -0.3 is 5.73 Å². The minimum Gasteiger partial charge on any atom is -0.330 e. The van der Waals surface area contributed by atoms with Gasteiger partial charge in [-0.25, -0.2) is 0 Å². The van der Waals surface area contributed by atoms with Crippen LogP contribution in [-0.4, -0.2) is 21.1 Å². The number of alkyl halides is 3. The van der Waals surface area contributed by atoms with Crippen LogP contribution in [0.25, 0.3) is 5.65 Å². The van der Waals surface area contributed by atoms with Crippen LogP contribution in [0.15, 0.2) is 12.3 Å². The number of nitrogens with zero attached hydrogens (tertiary/aromatic N) is 3. The first-order valence-electron chi connectivity index (χ1n) is 6.17. The van der Waals surface area contributed by atoms with Crippen molar-refractivity contribution in [3.05, 3.63) is 28.7 Å². The van der Waals surface area contributed by atoms with Gasteiger partial charge in [-0.2, -0.15) is 13.2 Å². The molecule has 2 rings (SSSR count). The first-order valence-corrected chi connectivity index (χ1v) is 6.55. The van der Waals surface area contributed by atoms with Gasteiger partial charge in [0.15, 0.2) is 5.65 Å². The summed E-state index contributed by atoms with van der Waals surface area (Å²) >= 11 is 5.84. The van der Waals surface area contributed by atoms with Crippen LogP contribution >= 0.6 is 11.6 Å². The van der Waals surface area contributed by atoms with Gasteiger partial charge in [0.1, 0.15) is 5.82 Å². The van der Waals surface area contributed by atoms with E-state index >= 15 is 0 Å². The van der Waals surface area contributed by atoms with E-state index in [-0.39, 0.29) is 16.6 Å². The first-order chi connectivity index (χ1) is 9.36. The van der Waals surface area contributed by atoms with Crippen LogP contribution in [0.2, 0.25) is 5.02 Å². The lowest BCUT2D eigenvalue weighted by Gasteiger charge is -2.12. The molecule has 1 atom stereocenters. The van der Waals surface area contributed by atoms with Crippen molar-refractivity contribution in [1.82, 2.24) is 14.6 Å². The Kier molecular flexibility index (Phi) is 4.19. The summed E-state index contributed by atoms with van der Waals surface area (Å²) in [7, 11) is 0. The molecule has 0 aliphatic carbocycles. The topological polar surface area (TPSA) is 56.2 Å². The monoisotopic (exact) mass is 306 g/mol. The zero-order valence-electron chi connectivity index (χ0n) is 10.8. The van der Waals surface area contributed by atoms with Gasteiger partial charge in [0, 0.05) is 12.6 Å². The highest BCUT2D eigenvalue weighted by molar-refractivity contribution is 6.33. The smallest absolute Gasteiger partial charge is 0.330 e. The van der Waals surface area contributed by atoms with Gasteiger partial charge >= 0.3 is 6.18 Å². The molecular formula is C12H14ClF3N4. The third kappa shape index (κ3) is 2.88. The molecule has 2 N–H and O–H groups in total. The number of halogens is 4. The van der Waals surface area contributed by atoms with Crippen LogP contribution in [0.5, 0.6) is 0 Å². The van der Waals surface area contributed by atoms with Gasteiger partial charge in [-0.1, -0.05) is 24.9 Å². The summed E-state index contributed by atoms with van der Waals surface area (Å²) in [5, 5.41) is 7.69. The predicted octanol–water partition coefficient (Wildman–Crippen LogP) is 2.93. The largest absolute Gasteiger partial charge is 0.417 e. The fraction of sp³-hybridized carbons (Fsp3) is 0.500. The molecule has 2 heterocycles. The van der Waals surface area contributed by atoms with Crippen LogP contribution in [0.3, 0.4) is 0 Å². The second kappa shape index (κ2) is 5.57. The van der Waals surface area contributed by atoms with E-state index in [1.54, 1.807) is 0 Å². The molecule has 0 bridgehead atoms. The first kappa shape index (κ1) is 15.1. The van der Waals surface area contributed by atoms with Crippen LogP contribution in [0, 0.1) is 5.92 Å². The van der Waals surface area contributed by atoms with Crippen molar-refractivity contribution in [3.8, 4) is 0 Å². The van der Waals surface area contributed by atoms with E-state index in [1.165, 1.54) is 4.40 Å². The van der Waals surface area contributed by atoms with Crippen LogP contribution in [0.4, 0.5) is 13.2 Å². The Morgan fingerprint density at radius 3 is 2.65 bits per heavy atom. The number of rotatable bonds is 4. The summed E-state index contributed by atoms with van der Waals surface area (Å²) in [6.07, 6.45) is -2.21. The number of hydrogen-bond donors (Lipinski definition) is 1. The average Bonchev–Trinajstić information content (AvgIpc) is 2.78. The second-order valence-electron chi connectivity index (χ2n) is 4.60. The molecule has 0 aromatic carbocycles.